The minimum Gasteiger partial charge on any atom is -0.507 e. The molecule has 0 aliphatic rings. The van der Waals surface area contributed by atoms with E-state index in [2.05, 4.69) is 0 Å². The van der Waals surface area contributed by atoms with Gasteiger partial charge in [0.1, 0.15) is 5.76 Å². The molecule has 0 fully saturated rings. The van der Waals surface area contributed by atoms with Crippen LogP contribution >= 0.6 is 11.6 Å². The summed E-state index contributed by atoms with van der Waals surface area (Å²) in [5.41, 5.74) is 0.328. The largest absolute Gasteiger partial charge is 0.507 e. The van der Waals surface area contributed by atoms with Crippen molar-refractivity contribution in [3.63, 3.8) is 0 Å². The first-order chi connectivity index (χ1) is 7.00. The Hall–Kier alpha value is -1.81. The third kappa shape index (κ3) is 3.11. The number of aliphatic hydroxyl groups excluding tert-OH is 1. The van der Waals surface area contributed by atoms with Crippen molar-refractivity contribution in [1.29, 1.82) is 0 Å². The van der Waals surface area contributed by atoms with Crippen LogP contribution in [0.1, 0.15) is 5.56 Å². The van der Waals surface area contributed by atoms with Crippen LogP contribution in [0.15, 0.2) is 30.3 Å². The fourth-order valence-electron chi connectivity index (χ4n) is 0.890. The number of ketones is 1. The van der Waals surface area contributed by atoms with Crippen molar-refractivity contribution in [3.05, 3.63) is 40.9 Å². The number of rotatable bonds is 3. The molecule has 0 heterocycles. The molecule has 0 amide bonds. The van der Waals surface area contributed by atoms with E-state index in [0.717, 1.165) is 0 Å². The van der Waals surface area contributed by atoms with Crippen LogP contribution < -0.4 is 0 Å². The number of hydrogen-bond acceptors (Lipinski definition) is 3. The average molecular weight is 227 g/mol. The number of carbonyl (C=O) groups excluding carboxylic acids is 1. The van der Waals surface area contributed by atoms with Crippen molar-refractivity contribution in [2.75, 3.05) is 0 Å². The standard InChI is InChI=1S/C10H7ClO4/c11-7-3-1-6(2-4-7)8(12)5-9(13)10(14)15/h1-5,12H,(H,14,15)/b8-5-. The topological polar surface area (TPSA) is 74.6 Å². The highest BCUT2D eigenvalue weighted by molar-refractivity contribution is 6.38. The average Bonchev–Trinajstić information content (AvgIpc) is 2.18. The van der Waals surface area contributed by atoms with Gasteiger partial charge in [-0.25, -0.2) is 4.79 Å². The zero-order valence-electron chi connectivity index (χ0n) is 7.48. The molecule has 78 valence electrons. The molecule has 0 aliphatic carbocycles. The van der Waals surface area contributed by atoms with Gasteiger partial charge in [-0.2, -0.15) is 0 Å². The normalized spacial score (nSPS) is 11.1. The maximum Gasteiger partial charge on any atom is 0.376 e. The second-order valence-corrected chi connectivity index (χ2v) is 3.14. The van der Waals surface area contributed by atoms with Gasteiger partial charge in [0.25, 0.3) is 5.78 Å². The van der Waals surface area contributed by atoms with E-state index in [1.54, 1.807) is 0 Å². The molecule has 15 heavy (non-hydrogen) atoms. The zero-order chi connectivity index (χ0) is 11.4. The highest BCUT2D eigenvalue weighted by Crippen LogP contribution is 2.15. The number of hydrogen-bond donors (Lipinski definition) is 2. The summed E-state index contributed by atoms with van der Waals surface area (Å²) in [6.07, 6.45) is 0.644. The lowest BCUT2D eigenvalue weighted by Crippen LogP contribution is -2.09. The van der Waals surface area contributed by atoms with Gasteiger partial charge >= 0.3 is 5.97 Å². The van der Waals surface area contributed by atoms with Gasteiger partial charge in [-0.3, -0.25) is 4.79 Å². The molecular weight excluding hydrogens is 220 g/mol. The molecule has 0 saturated heterocycles. The first-order valence-corrected chi connectivity index (χ1v) is 4.32. The van der Waals surface area contributed by atoms with Crippen LogP contribution in [0.4, 0.5) is 0 Å². The summed E-state index contributed by atoms with van der Waals surface area (Å²) in [7, 11) is 0. The molecule has 0 saturated carbocycles. The highest BCUT2D eigenvalue weighted by atomic mass is 35.5. The number of benzene rings is 1. The molecule has 0 aliphatic heterocycles. The van der Waals surface area contributed by atoms with Gasteiger partial charge in [0.2, 0.25) is 0 Å². The van der Waals surface area contributed by atoms with Crippen LogP contribution in [0.25, 0.3) is 5.76 Å². The van der Waals surface area contributed by atoms with Crippen LogP contribution in [0.5, 0.6) is 0 Å². The molecule has 2 N–H and O–H groups in total. The Morgan fingerprint density at radius 2 is 1.67 bits per heavy atom. The van der Waals surface area contributed by atoms with Crippen LogP contribution in [0.2, 0.25) is 5.02 Å². The highest BCUT2D eigenvalue weighted by Gasteiger charge is 2.10. The maximum absolute atomic E-state index is 10.7. The first kappa shape index (κ1) is 11.3. The van der Waals surface area contributed by atoms with E-state index >= 15 is 0 Å². The molecule has 0 unspecified atom stereocenters. The SMILES string of the molecule is O=C(O)C(=O)/C=C(\O)c1ccc(Cl)cc1. The lowest BCUT2D eigenvalue weighted by Gasteiger charge is -1.98. The Labute approximate surface area is 90.4 Å². The van der Waals surface area contributed by atoms with Gasteiger partial charge in [-0.05, 0) is 24.3 Å². The summed E-state index contributed by atoms with van der Waals surface area (Å²) >= 11 is 5.61. The van der Waals surface area contributed by atoms with Gasteiger partial charge < -0.3 is 10.2 Å². The molecular formula is C10H7ClO4. The van der Waals surface area contributed by atoms with E-state index in [4.69, 9.17) is 16.7 Å². The van der Waals surface area contributed by atoms with Crippen molar-refractivity contribution in [2.45, 2.75) is 0 Å². The maximum atomic E-state index is 10.7. The molecule has 4 nitrogen and oxygen atoms in total. The first-order valence-electron chi connectivity index (χ1n) is 3.94. The number of carboxylic acids is 1. The second-order valence-electron chi connectivity index (χ2n) is 2.71. The zero-order valence-corrected chi connectivity index (χ0v) is 8.23. The van der Waals surface area contributed by atoms with Gasteiger partial charge in [0, 0.05) is 16.7 Å². The van der Waals surface area contributed by atoms with E-state index in [-0.39, 0.29) is 0 Å². The second kappa shape index (κ2) is 4.61. The quantitative estimate of drug-likeness (QED) is 0.469. The lowest BCUT2D eigenvalue weighted by molar-refractivity contribution is -0.146. The third-order valence-electron chi connectivity index (χ3n) is 1.62. The summed E-state index contributed by atoms with van der Waals surface area (Å²) in [4.78, 5) is 20.9. The fourth-order valence-corrected chi connectivity index (χ4v) is 1.02. The Kier molecular flexibility index (Phi) is 3.46. The van der Waals surface area contributed by atoms with Crippen LogP contribution in [0, 0.1) is 0 Å². The number of carboxylic acid groups (broad SMARTS) is 1. The van der Waals surface area contributed by atoms with Crippen LogP contribution in [0.3, 0.4) is 0 Å². The predicted octanol–water partition coefficient (Wildman–Crippen LogP) is 1.89. The monoisotopic (exact) mass is 226 g/mol. The van der Waals surface area contributed by atoms with E-state index in [9.17, 15) is 14.7 Å². The molecule has 1 rings (SSSR count). The van der Waals surface area contributed by atoms with Crippen molar-refractivity contribution in [2.24, 2.45) is 0 Å². The Balaban J connectivity index is 2.94. The smallest absolute Gasteiger partial charge is 0.376 e. The molecule has 5 heteroatoms. The van der Waals surface area contributed by atoms with Crippen molar-refractivity contribution in [3.8, 4) is 0 Å². The molecule has 0 atom stereocenters. The van der Waals surface area contributed by atoms with E-state index in [1.807, 2.05) is 0 Å². The predicted molar refractivity (Wildman–Crippen MR) is 54.7 cm³/mol. The van der Waals surface area contributed by atoms with Gasteiger partial charge in [-0.1, -0.05) is 11.6 Å². The van der Waals surface area contributed by atoms with E-state index < -0.39 is 17.5 Å². The molecule has 0 radical (unpaired) electrons. The third-order valence-corrected chi connectivity index (χ3v) is 1.87. The van der Waals surface area contributed by atoms with Crippen molar-refractivity contribution >= 4 is 29.1 Å². The summed E-state index contributed by atoms with van der Waals surface area (Å²) in [5, 5.41) is 18.1. The number of aliphatic carboxylic acids is 1. The molecule has 0 aromatic heterocycles. The van der Waals surface area contributed by atoms with Crippen LogP contribution in [-0.4, -0.2) is 22.0 Å². The van der Waals surface area contributed by atoms with Crippen LogP contribution in [-0.2, 0) is 9.59 Å². The molecule has 1 aromatic rings. The number of carbonyl (C=O) groups is 2. The lowest BCUT2D eigenvalue weighted by atomic mass is 10.1. The molecule has 0 bridgehead atoms. The Bertz CT molecular complexity index is 420. The minimum absolute atomic E-state index is 0.328. The number of aliphatic hydroxyl groups is 1. The number of halogens is 1. The minimum atomic E-state index is -1.62. The van der Waals surface area contributed by atoms with Crippen molar-refractivity contribution in [1.82, 2.24) is 0 Å². The Morgan fingerprint density at radius 1 is 1.13 bits per heavy atom. The molecule has 0 spiro atoms. The fraction of sp³-hybridized carbons (Fsp3) is 0. The summed E-state index contributed by atoms with van der Waals surface area (Å²) in [6, 6.07) is 5.99. The van der Waals surface area contributed by atoms with Crippen molar-refractivity contribution < 1.29 is 19.8 Å². The van der Waals surface area contributed by atoms with E-state index in [0.29, 0.717) is 16.7 Å². The summed E-state index contributed by atoms with van der Waals surface area (Å²) < 4.78 is 0. The molecule has 1 aromatic carbocycles. The van der Waals surface area contributed by atoms with Gasteiger partial charge in [-0.15, -0.1) is 0 Å². The summed E-state index contributed by atoms with van der Waals surface area (Å²) in [5.74, 6) is -3.20. The van der Waals surface area contributed by atoms with Gasteiger partial charge in [0.15, 0.2) is 0 Å². The summed E-state index contributed by atoms with van der Waals surface area (Å²) in [6.45, 7) is 0. The Morgan fingerprint density at radius 3 is 2.13 bits per heavy atom. The van der Waals surface area contributed by atoms with Gasteiger partial charge in [0.05, 0.1) is 0 Å². The van der Waals surface area contributed by atoms with E-state index in [1.165, 1.54) is 24.3 Å².